The fourth-order valence-electron chi connectivity index (χ4n) is 3.60. The predicted octanol–water partition coefficient (Wildman–Crippen LogP) is 1.42. The maximum absolute atomic E-state index is 13.4. The van der Waals surface area contributed by atoms with Crippen LogP contribution < -0.4 is 4.74 Å². The van der Waals surface area contributed by atoms with Gasteiger partial charge in [-0.05, 0) is 12.8 Å². The minimum Gasteiger partial charge on any atom is -0.490 e. The maximum atomic E-state index is 13.4. The highest BCUT2D eigenvalue weighted by molar-refractivity contribution is 5.77. The lowest BCUT2D eigenvalue weighted by molar-refractivity contribution is -0.138. The molecule has 1 aromatic rings. The average molecular weight is 384 g/mol. The molecule has 2 fully saturated rings. The molecule has 1 N–H and O–H groups in total. The van der Waals surface area contributed by atoms with E-state index in [1.807, 2.05) is 0 Å². The number of nitrogens with zero attached hydrogens (tertiary/aromatic N) is 2. The molecule has 27 heavy (non-hydrogen) atoms. The van der Waals surface area contributed by atoms with Gasteiger partial charge in [0.2, 0.25) is 5.91 Å². The van der Waals surface area contributed by atoms with Crippen LogP contribution in [0.4, 0.5) is 8.78 Å². The smallest absolute Gasteiger partial charge is 0.248 e. The Morgan fingerprint density at radius 3 is 2.52 bits per heavy atom. The molecular formula is C19H26F2N2O4. The molecule has 0 bridgehead atoms. The molecule has 1 atom stereocenters. The minimum atomic E-state index is -1.35. The molecule has 1 aliphatic carbocycles. The Labute approximate surface area is 157 Å². The zero-order valence-corrected chi connectivity index (χ0v) is 15.5. The van der Waals surface area contributed by atoms with Gasteiger partial charge in [0.15, 0.2) is 0 Å². The highest BCUT2D eigenvalue weighted by atomic mass is 19.1. The van der Waals surface area contributed by atoms with Gasteiger partial charge in [-0.3, -0.25) is 9.69 Å². The van der Waals surface area contributed by atoms with Crippen molar-refractivity contribution in [3.63, 3.8) is 0 Å². The second-order valence-corrected chi connectivity index (χ2v) is 7.42. The summed E-state index contributed by atoms with van der Waals surface area (Å²) >= 11 is 0. The van der Waals surface area contributed by atoms with Gasteiger partial charge in [0.1, 0.15) is 36.2 Å². The van der Waals surface area contributed by atoms with Gasteiger partial charge in [-0.2, -0.15) is 0 Å². The van der Waals surface area contributed by atoms with E-state index in [2.05, 4.69) is 4.90 Å². The first-order valence-corrected chi connectivity index (χ1v) is 9.20. The van der Waals surface area contributed by atoms with Crippen molar-refractivity contribution in [2.75, 3.05) is 46.5 Å². The molecule has 2 aliphatic rings. The zero-order chi connectivity index (χ0) is 19.4. The fourth-order valence-corrected chi connectivity index (χ4v) is 3.60. The lowest BCUT2D eigenvalue weighted by atomic mass is 9.90. The monoisotopic (exact) mass is 384 g/mol. The molecule has 8 heteroatoms. The Morgan fingerprint density at radius 1 is 1.22 bits per heavy atom. The molecule has 150 valence electrons. The highest BCUT2D eigenvalue weighted by Gasteiger charge is 2.40. The third kappa shape index (κ3) is 5.15. The standard InChI is InChI=1S/C19H26F2N2O4/c1-26-10-18(24)23-6-5-22(16-3-2-4-16)11-19(25,12-23)13-27-17-8-14(20)7-15(21)9-17/h7-9,16,25H,2-6,10-13H2,1H3. The summed E-state index contributed by atoms with van der Waals surface area (Å²) in [5.41, 5.74) is -1.35. The van der Waals surface area contributed by atoms with Gasteiger partial charge in [-0.1, -0.05) is 6.42 Å². The third-order valence-electron chi connectivity index (χ3n) is 5.19. The van der Waals surface area contributed by atoms with Crippen molar-refractivity contribution in [1.82, 2.24) is 9.80 Å². The van der Waals surface area contributed by atoms with E-state index in [1.54, 1.807) is 4.90 Å². The van der Waals surface area contributed by atoms with Gasteiger partial charge >= 0.3 is 0 Å². The quantitative estimate of drug-likeness (QED) is 0.804. The number of aliphatic hydroxyl groups is 1. The van der Waals surface area contributed by atoms with Crippen LogP contribution in [-0.2, 0) is 9.53 Å². The van der Waals surface area contributed by atoms with Crippen LogP contribution in [0.2, 0.25) is 0 Å². The fraction of sp³-hybridized carbons (Fsp3) is 0.632. The Hall–Kier alpha value is -1.77. The average Bonchev–Trinajstić information content (AvgIpc) is 2.71. The number of carbonyl (C=O) groups is 1. The number of hydrogen-bond acceptors (Lipinski definition) is 5. The van der Waals surface area contributed by atoms with E-state index >= 15 is 0 Å². The van der Waals surface area contributed by atoms with E-state index in [9.17, 15) is 18.7 Å². The predicted molar refractivity (Wildman–Crippen MR) is 94.5 cm³/mol. The second kappa shape index (κ2) is 8.50. The van der Waals surface area contributed by atoms with Crippen LogP contribution >= 0.6 is 0 Å². The zero-order valence-electron chi connectivity index (χ0n) is 15.5. The second-order valence-electron chi connectivity index (χ2n) is 7.42. The Kier molecular flexibility index (Phi) is 6.29. The number of ether oxygens (including phenoxy) is 2. The van der Waals surface area contributed by atoms with E-state index in [1.165, 1.54) is 7.11 Å². The number of amides is 1. The summed E-state index contributed by atoms with van der Waals surface area (Å²) in [6, 6.07) is 3.29. The molecule has 1 saturated heterocycles. The first-order chi connectivity index (χ1) is 12.9. The molecule has 1 unspecified atom stereocenters. The van der Waals surface area contributed by atoms with Crippen LogP contribution in [0.1, 0.15) is 19.3 Å². The van der Waals surface area contributed by atoms with Crippen molar-refractivity contribution in [3.8, 4) is 5.75 Å². The molecule has 1 amide bonds. The third-order valence-corrected chi connectivity index (χ3v) is 5.19. The topological polar surface area (TPSA) is 62.2 Å². The largest absolute Gasteiger partial charge is 0.490 e. The molecule has 0 spiro atoms. The number of benzene rings is 1. The van der Waals surface area contributed by atoms with Crippen LogP contribution in [0.25, 0.3) is 0 Å². The number of β-amino-alcohol motifs (C(OH)–C–C–N with tert-alkyl or cyclic N) is 1. The Balaban J connectivity index is 1.73. The molecule has 1 aliphatic heterocycles. The summed E-state index contributed by atoms with van der Waals surface area (Å²) in [6.45, 7) is 1.35. The first-order valence-electron chi connectivity index (χ1n) is 9.20. The molecule has 0 aromatic heterocycles. The van der Waals surface area contributed by atoms with E-state index in [0.717, 1.165) is 37.5 Å². The molecule has 6 nitrogen and oxygen atoms in total. The minimum absolute atomic E-state index is 0.00938. The highest BCUT2D eigenvalue weighted by Crippen LogP contribution is 2.28. The molecule has 1 aromatic carbocycles. The summed E-state index contributed by atoms with van der Waals surface area (Å²) in [7, 11) is 1.45. The van der Waals surface area contributed by atoms with Crippen molar-refractivity contribution in [3.05, 3.63) is 29.8 Å². The summed E-state index contributed by atoms with van der Waals surface area (Å²) in [5, 5.41) is 11.2. The van der Waals surface area contributed by atoms with Crippen LogP contribution in [0.5, 0.6) is 5.75 Å². The van der Waals surface area contributed by atoms with Crippen molar-refractivity contribution in [2.24, 2.45) is 0 Å². The number of halogens is 2. The molecule has 3 rings (SSSR count). The van der Waals surface area contributed by atoms with E-state index < -0.39 is 17.2 Å². The van der Waals surface area contributed by atoms with Crippen LogP contribution in [-0.4, -0.2) is 79.0 Å². The normalized spacial score (nSPS) is 24.4. The molecule has 0 radical (unpaired) electrons. The van der Waals surface area contributed by atoms with Crippen LogP contribution in [0.15, 0.2) is 18.2 Å². The number of carbonyl (C=O) groups excluding carboxylic acids is 1. The molecule has 1 heterocycles. The summed E-state index contributed by atoms with van der Waals surface area (Å²) in [5.74, 6) is -1.69. The molecular weight excluding hydrogens is 358 g/mol. The van der Waals surface area contributed by atoms with Gasteiger partial charge in [0.05, 0.1) is 6.54 Å². The van der Waals surface area contributed by atoms with E-state index in [-0.39, 0.29) is 31.4 Å². The van der Waals surface area contributed by atoms with Crippen molar-refractivity contribution >= 4 is 5.91 Å². The lowest BCUT2D eigenvalue weighted by Gasteiger charge is -2.40. The van der Waals surface area contributed by atoms with E-state index in [0.29, 0.717) is 25.7 Å². The van der Waals surface area contributed by atoms with Crippen LogP contribution in [0, 0.1) is 11.6 Å². The Morgan fingerprint density at radius 2 is 1.93 bits per heavy atom. The SMILES string of the molecule is COCC(=O)N1CCN(C2CCC2)CC(O)(COc2cc(F)cc(F)c2)C1. The van der Waals surface area contributed by atoms with Crippen molar-refractivity contribution < 1.29 is 28.2 Å². The van der Waals surface area contributed by atoms with Crippen molar-refractivity contribution in [2.45, 2.75) is 30.9 Å². The van der Waals surface area contributed by atoms with Gasteiger partial charge in [-0.25, -0.2) is 8.78 Å². The molecule has 1 saturated carbocycles. The number of rotatable bonds is 6. The van der Waals surface area contributed by atoms with Gasteiger partial charge in [-0.15, -0.1) is 0 Å². The first kappa shape index (κ1) is 20.0. The van der Waals surface area contributed by atoms with Gasteiger partial charge < -0.3 is 19.5 Å². The van der Waals surface area contributed by atoms with Gasteiger partial charge in [0.25, 0.3) is 0 Å². The van der Waals surface area contributed by atoms with Crippen LogP contribution in [0.3, 0.4) is 0 Å². The summed E-state index contributed by atoms with van der Waals surface area (Å²) in [6.07, 6.45) is 3.29. The number of methoxy groups -OCH3 is 1. The van der Waals surface area contributed by atoms with Crippen molar-refractivity contribution in [1.29, 1.82) is 0 Å². The lowest BCUT2D eigenvalue weighted by Crippen LogP contribution is -2.54. The Bertz CT molecular complexity index is 651. The van der Waals surface area contributed by atoms with E-state index in [4.69, 9.17) is 9.47 Å². The van der Waals surface area contributed by atoms with Gasteiger partial charge in [0, 0.05) is 51.0 Å². The number of hydrogen-bond donors (Lipinski definition) is 1. The summed E-state index contributed by atoms with van der Waals surface area (Å²) < 4.78 is 37.2. The summed E-state index contributed by atoms with van der Waals surface area (Å²) in [4.78, 5) is 16.0. The maximum Gasteiger partial charge on any atom is 0.248 e.